The van der Waals surface area contributed by atoms with E-state index in [-0.39, 0.29) is 35.7 Å². The molecule has 1 fully saturated rings. The number of fused-ring (bicyclic) bond motifs is 1. The molecule has 0 spiro atoms. The summed E-state index contributed by atoms with van der Waals surface area (Å²) in [7, 11) is 0. The third-order valence-corrected chi connectivity index (χ3v) is 6.40. The summed E-state index contributed by atoms with van der Waals surface area (Å²) in [5.74, 6) is -0.243. The molecule has 1 saturated carbocycles. The molecule has 0 saturated heterocycles. The van der Waals surface area contributed by atoms with Gasteiger partial charge in [0.15, 0.2) is 11.9 Å². The minimum absolute atomic E-state index is 0.0188. The van der Waals surface area contributed by atoms with Crippen LogP contribution in [0.3, 0.4) is 0 Å². The number of nitrogens with one attached hydrogen (secondary N) is 1. The van der Waals surface area contributed by atoms with Gasteiger partial charge < -0.3 is 9.73 Å². The summed E-state index contributed by atoms with van der Waals surface area (Å²) in [6.07, 6.45) is -3.04. The van der Waals surface area contributed by atoms with Crippen LogP contribution in [-0.4, -0.2) is 32.8 Å². The van der Waals surface area contributed by atoms with Crippen molar-refractivity contribution < 1.29 is 22.4 Å². The van der Waals surface area contributed by atoms with Gasteiger partial charge in [0.05, 0.1) is 11.3 Å². The van der Waals surface area contributed by atoms with Crippen LogP contribution in [0, 0.1) is 0 Å². The van der Waals surface area contributed by atoms with E-state index in [1.54, 1.807) is 0 Å². The quantitative estimate of drug-likeness (QED) is 0.391. The zero-order chi connectivity index (χ0) is 25.6. The molecule has 0 bridgehead atoms. The van der Waals surface area contributed by atoms with Crippen LogP contribution in [0.15, 0.2) is 76.3 Å². The minimum Gasteiger partial charge on any atom is -0.402 e. The van der Waals surface area contributed by atoms with E-state index >= 15 is 0 Å². The minimum atomic E-state index is -4.50. The van der Waals surface area contributed by atoms with E-state index in [2.05, 4.69) is 20.5 Å². The van der Waals surface area contributed by atoms with Crippen LogP contribution in [-0.2, 0) is 17.4 Å². The average molecular weight is 503 g/mol. The number of benzene rings is 2. The normalized spacial score (nSPS) is 17.6. The first kappa shape index (κ1) is 23.1. The van der Waals surface area contributed by atoms with E-state index in [4.69, 9.17) is 9.41 Å². The van der Waals surface area contributed by atoms with Crippen molar-refractivity contribution in [3.63, 3.8) is 0 Å². The smallest absolute Gasteiger partial charge is 0.402 e. The monoisotopic (exact) mass is 503 g/mol. The highest BCUT2D eigenvalue weighted by molar-refractivity contribution is 6.16. The Hall–Kier alpha value is -4.34. The summed E-state index contributed by atoms with van der Waals surface area (Å²) in [6.45, 7) is 0. The van der Waals surface area contributed by atoms with Crippen LogP contribution in [0.25, 0.3) is 11.6 Å². The van der Waals surface area contributed by atoms with E-state index in [1.165, 1.54) is 0 Å². The molecule has 7 nitrogen and oxygen atoms in total. The number of Topliss-reactive ketones (excluding diaryl/α,β-unsaturated/α-hetero) is 1. The fourth-order valence-electron chi connectivity index (χ4n) is 4.41. The maximum Gasteiger partial charge on any atom is 0.417 e. The summed E-state index contributed by atoms with van der Waals surface area (Å²) < 4.78 is 45.4. The van der Waals surface area contributed by atoms with Gasteiger partial charge in [0.25, 0.3) is 5.89 Å². The fraction of sp³-hybridized carbons (Fsp3) is 0.222. The van der Waals surface area contributed by atoms with Crippen LogP contribution >= 0.6 is 0 Å². The third kappa shape index (κ3) is 4.62. The molecular weight excluding hydrogens is 483 g/mol. The van der Waals surface area contributed by atoms with Crippen molar-refractivity contribution in [3.8, 4) is 11.6 Å². The molecule has 0 unspecified atom stereocenters. The van der Waals surface area contributed by atoms with Crippen molar-refractivity contribution in [2.45, 2.75) is 37.5 Å². The summed E-state index contributed by atoms with van der Waals surface area (Å²) in [5.41, 5.74) is 3.04. The SMILES string of the molecule is O=C1Cc2ccccc2C(c2ccccc2)=N[C@@H]1Nc1nnc(-c2ncc(C(F)(F)F)cc2C2CC2)o1. The maximum absolute atomic E-state index is 13.2. The molecule has 2 aromatic heterocycles. The van der Waals surface area contributed by atoms with Gasteiger partial charge in [-0.2, -0.15) is 13.2 Å². The Morgan fingerprint density at radius 3 is 2.49 bits per heavy atom. The molecule has 1 N–H and O–H groups in total. The number of carbonyl (C=O) groups excluding carboxylic acids is 1. The van der Waals surface area contributed by atoms with Crippen LogP contribution in [0.1, 0.15) is 46.6 Å². The number of pyridine rings is 1. The van der Waals surface area contributed by atoms with Gasteiger partial charge in [0.1, 0.15) is 5.69 Å². The van der Waals surface area contributed by atoms with Gasteiger partial charge in [0.2, 0.25) is 0 Å². The Balaban J connectivity index is 1.33. The Bertz CT molecular complexity index is 1510. The Morgan fingerprint density at radius 2 is 1.73 bits per heavy atom. The molecule has 6 rings (SSSR count). The van der Waals surface area contributed by atoms with Crippen LogP contribution in [0.2, 0.25) is 0 Å². The van der Waals surface area contributed by atoms with E-state index in [1.807, 2.05) is 54.6 Å². The lowest BCUT2D eigenvalue weighted by atomic mass is 9.96. The van der Waals surface area contributed by atoms with Crippen molar-refractivity contribution in [2.24, 2.45) is 4.99 Å². The number of hydrogen-bond acceptors (Lipinski definition) is 7. The van der Waals surface area contributed by atoms with Crippen LogP contribution in [0.5, 0.6) is 0 Å². The molecule has 0 radical (unpaired) electrons. The molecule has 3 heterocycles. The second-order valence-electron chi connectivity index (χ2n) is 9.04. The zero-order valence-corrected chi connectivity index (χ0v) is 19.4. The second kappa shape index (κ2) is 8.95. The first-order chi connectivity index (χ1) is 17.9. The van der Waals surface area contributed by atoms with Gasteiger partial charge in [-0.3, -0.25) is 14.8 Å². The summed E-state index contributed by atoms with van der Waals surface area (Å²) >= 11 is 0. The van der Waals surface area contributed by atoms with E-state index in [9.17, 15) is 18.0 Å². The van der Waals surface area contributed by atoms with Gasteiger partial charge in [-0.05, 0) is 36.0 Å². The highest BCUT2D eigenvalue weighted by atomic mass is 19.4. The number of hydrogen-bond donors (Lipinski definition) is 1. The van der Waals surface area contributed by atoms with E-state index in [0.717, 1.165) is 41.8 Å². The standard InChI is InChI=1S/C27H20F3N5O2/c28-27(29,30)18-13-20(15-10-11-15)23(31-14-18)25-34-35-26(37-25)33-24-21(36)12-17-8-4-5-9-19(17)22(32-24)16-6-2-1-3-7-16/h1-9,13-15,24H,10-12H2,(H,33,35)/t24-/m1/s1. The van der Waals surface area contributed by atoms with Crippen molar-refractivity contribution in [1.82, 2.24) is 15.2 Å². The van der Waals surface area contributed by atoms with Crippen molar-refractivity contribution in [2.75, 3.05) is 5.32 Å². The van der Waals surface area contributed by atoms with Gasteiger partial charge in [-0.1, -0.05) is 59.7 Å². The summed E-state index contributed by atoms with van der Waals surface area (Å²) in [6, 6.07) is 18.2. The largest absolute Gasteiger partial charge is 0.417 e. The van der Waals surface area contributed by atoms with Crippen LogP contribution in [0.4, 0.5) is 19.2 Å². The zero-order valence-electron chi connectivity index (χ0n) is 19.4. The number of ketones is 1. The molecule has 2 aliphatic rings. The Kier molecular flexibility index (Phi) is 5.58. The predicted octanol–water partition coefficient (Wildman–Crippen LogP) is 5.43. The number of carbonyl (C=O) groups is 1. The molecule has 37 heavy (non-hydrogen) atoms. The predicted molar refractivity (Wildman–Crippen MR) is 129 cm³/mol. The first-order valence-corrected chi connectivity index (χ1v) is 11.8. The molecule has 186 valence electrons. The molecular formula is C27H20F3N5O2. The number of rotatable bonds is 5. The number of alkyl halides is 3. The second-order valence-corrected chi connectivity index (χ2v) is 9.04. The number of anilines is 1. The number of aromatic nitrogens is 3. The maximum atomic E-state index is 13.2. The lowest BCUT2D eigenvalue weighted by molar-refractivity contribution is -0.137. The van der Waals surface area contributed by atoms with Gasteiger partial charge in [-0.15, -0.1) is 5.10 Å². The Labute approximate surface area is 209 Å². The van der Waals surface area contributed by atoms with Crippen LogP contribution < -0.4 is 5.32 Å². The lowest BCUT2D eigenvalue weighted by Gasteiger charge is -2.12. The number of aliphatic imine (C=N–C) groups is 1. The molecule has 2 aromatic carbocycles. The lowest BCUT2D eigenvalue weighted by Crippen LogP contribution is -2.29. The summed E-state index contributed by atoms with van der Waals surface area (Å²) in [4.78, 5) is 21.9. The molecule has 10 heteroatoms. The highest BCUT2D eigenvalue weighted by Crippen LogP contribution is 2.45. The molecule has 1 aliphatic heterocycles. The fourth-order valence-corrected chi connectivity index (χ4v) is 4.41. The van der Waals surface area contributed by atoms with Crippen molar-refractivity contribution >= 4 is 17.5 Å². The topological polar surface area (TPSA) is 93.3 Å². The highest BCUT2D eigenvalue weighted by Gasteiger charge is 2.36. The molecule has 1 atom stereocenters. The average Bonchev–Trinajstić information content (AvgIpc) is 3.66. The first-order valence-electron chi connectivity index (χ1n) is 11.8. The van der Waals surface area contributed by atoms with E-state index < -0.39 is 17.9 Å². The van der Waals surface area contributed by atoms with Crippen molar-refractivity contribution in [1.29, 1.82) is 0 Å². The van der Waals surface area contributed by atoms with Gasteiger partial charge in [-0.25, -0.2) is 0 Å². The molecule has 0 amide bonds. The van der Waals surface area contributed by atoms with Gasteiger partial charge >= 0.3 is 12.2 Å². The van der Waals surface area contributed by atoms with Crippen molar-refractivity contribution in [3.05, 3.63) is 94.7 Å². The number of nitrogens with zero attached hydrogens (tertiary/aromatic N) is 4. The Morgan fingerprint density at radius 1 is 0.973 bits per heavy atom. The number of halogens is 3. The molecule has 1 aliphatic carbocycles. The van der Waals surface area contributed by atoms with Gasteiger partial charge in [0, 0.05) is 23.7 Å². The molecule has 4 aromatic rings. The summed E-state index contributed by atoms with van der Waals surface area (Å²) in [5, 5.41) is 10.9. The van der Waals surface area contributed by atoms with E-state index in [0.29, 0.717) is 11.3 Å². The third-order valence-electron chi connectivity index (χ3n) is 6.40.